The molecule has 202 valence electrons. The maximum Gasteiger partial charge on any atom is 0.407 e. The standard InChI is InChI=1S/C26H29N9O4/c1-14-19(10-29-34-14)31-24-28-13-27-21(33-24)15-5-6-17-16(9-15)11-35(25(37)38)8-7-18(17)30-22(36)23-32-20(12-39-23)26(2,3)4/h5-6,9-10,12-13,18H,7-8,11H2,1-4H3,(H,29,34)(H,30,36)(H,37,38)(H,27,28,31,33)/t18-/m1/s1. The number of rotatable bonds is 5. The Hall–Kier alpha value is -4.81. The van der Waals surface area contributed by atoms with Gasteiger partial charge in [0.2, 0.25) is 5.95 Å². The summed E-state index contributed by atoms with van der Waals surface area (Å²) in [5, 5.41) is 22.7. The summed E-state index contributed by atoms with van der Waals surface area (Å²) in [4.78, 5) is 43.6. The quantitative estimate of drug-likeness (QED) is 0.295. The van der Waals surface area contributed by atoms with E-state index in [4.69, 9.17) is 4.42 Å². The summed E-state index contributed by atoms with van der Waals surface area (Å²) < 4.78 is 5.44. The average molecular weight is 532 g/mol. The molecule has 13 nitrogen and oxygen atoms in total. The Morgan fingerprint density at radius 1 is 1.21 bits per heavy atom. The Morgan fingerprint density at radius 3 is 2.72 bits per heavy atom. The van der Waals surface area contributed by atoms with Crippen molar-refractivity contribution in [2.24, 2.45) is 0 Å². The van der Waals surface area contributed by atoms with Gasteiger partial charge in [-0.1, -0.05) is 32.9 Å². The molecular weight excluding hydrogens is 502 g/mol. The van der Waals surface area contributed by atoms with Crippen molar-refractivity contribution < 1.29 is 19.1 Å². The van der Waals surface area contributed by atoms with Gasteiger partial charge in [0.05, 0.1) is 29.3 Å². The van der Waals surface area contributed by atoms with E-state index in [1.54, 1.807) is 6.20 Å². The van der Waals surface area contributed by atoms with E-state index in [2.05, 4.69) is 40.8 Å². The Kier molecular flexibility index (Phi) is 6.73. The van der Waals surface area contributed by atoms with Gasteiger partial charge < -0.3 is 25.1 Å². The predicted octanol–water partition coefficient (Wildman–Crippen LogP) is 3.95. The molecule has 39 heavy (non-hydrogen) atoms. The number of benzene rings is 1. The van der Waals surface area contributed by atoms with Crippen molar-refractivity contribution in [1.82, 2.24) is 40.3 Å². The number of carbonyl (C=O) groups is 2. The first-order chi connectivity index (χ1) is 18.6. The number of hydrogen-bond donors (Lipinski definition) is 4. The number of aromatic amines is 1. The number of H-pyrrole nitrogens is 1. The van der Waals surface area contributed by atoms with E-state index in [0.29, 0.717) is 29.5 Å². The molecule has 0 aliphatic carbocycles. The van der Waals surface area contributed by atoms with Gasteiger partial charge in [0.15, 0.2) is 5.82 Å². The van der Waals surface area contributed by atoms with Crippen LogP contribution in [0, 0.1) is 6.92 Å². The fraction of sp³-hybridized carbons (Fsp3) is 0.346. The van der Waals surface area contributed by atoms with Gasteiger partial charge in [-0.2, -0.15) is 10.1 Å². The number of carbonyl (C=O) groups excluding carboxylic acids is 1. The summed E-state index contributed by atoms with van der Waals surface area (Å²) in [6.07, 6.45) is 3.88. The molecule has 4 aromatic rings. The molecule has 13 heteroatoms. The second kappa shape index (κ2) is 10.2. The number of amides is 2. The maximum absolute atomic E-state index is 13.0. The van der Waals surface area contributed by atoms with E-state index in [1.807, 2.05) is 45.9 Å². The Bertz CT molecular complexity index is 1520. The number of fused-ring (bicyclic) bond motifs is 1. The summed E-state index contributed by atoms with van der Waals surface area (Å²) in [5.41, 5.74) is 4.21. The largest absolute Gasteiger partial charge is 0.465 e. The van der Waals surface area contributed by atoms with Crippen LogP contribution in [0.5, 0.6) is 0 Å². The third-order valence-electron chi connectivity index (χ3n) is 6.52. The van der Waals surface area contributed by atoms with Gasteiger partial charge in [0.25, 0.3) is 5.89 Å². The van der Waals surface area contributed by atoms with Crippen LogP contribution in [-0.2, 0) is 12.0 Å². The van der Waals surface area contributed by atoms with Crippen LogP contribution in [0.2, 0.25) is 0 Å². The molecule has 1 atom stereocenters. The van der Waals surface area contributed by atoms with Crippen molar-refractivity contribution in [2.75, 3.05) is 11.9 Å². The van der Waals surface area contributed by atoms with E-state index in [0.717, 1.165) is 22.5 Å². The van der Waals surface area contributed by atoms with Crippen molar-refractivity contribution >= 4 is 23.6 Å². The molecule has 1 aliphatic heterocycles. The molecule has 3 aromatic heterocycles. The lowest BCUT2D eigenvalue weighted by molar-refractivity contribution is 0.0898. The van der Waals surface area contributed by atoms with E-state index in [-0.39, 0.29) is 24.4 Å². The normalized spacial score (nSPS) is 15.4. The van der Waals surface area contributed by atoms with Crippen LogP contribution in [0.4, 0.5) is 16.4 Å². The second-order valence-corrected chi connectivity index (χ2v) is 10.4. The van der Waals surface area contributed by atoms with Crippen LogP contribution in [0.25, 0.3) is 11.4 Å². The predicted molar refractivity (Wildman–Crippen MR) is 140 cm³/mol. The highest BCUT2D eigenvalue weighted by molar-refractivity contribution is 5.90. The number of anilines is 2. The highest BCUT2D eigenvalue weighted by Crippen LogP contribution is 2.31. The molecule has 0 unspecified atom stereocenters. The van der Waals surface area contributed by atoms with Gasteiger partial charge in [-0.05, 0) is 30.5 Å². The number of aryl methyl sites for hydroxylation is 1. The van der Waals surface area contributed by atoms with Gasteiger partial charge in [-0.3, -0.25) is 9.89 Å². The van der Waals surface area contributed by atoms with E-state index in [9.17, 15) is 14.7 Å². The van der Waals surface area contributed by atoms with Gasteiger partial charge in [0.1, 0.15) is 12.6 Å². The lowest BCUT2D eigenvalue weighted by Crippen LogP contribution is -2.32. The number of carboxylic acid groups (broad SMARTS) is 1. The van der Waals surface area contributed by atoms with Crippen LogP contribution in [0.1, 0.15) is 66.4 Å². The van der Waals surface area contributed by atoms with Crippen molar-refractivity contribution in [3.8, 4) is 11.4 Å². The highest BCUT2D eigenvalue weighted by atomic mass is 16.4. The topological polar surface area (TPSA) is 175 Å². The fourth-order valence-corrected chi connectivity index (χ4v) is 4.30. The fourth-order valence-electron chi connectivity index (χ4n) is 4.30. The lowest BCUT2D eigenvalue weighted by atomic mass is 9.93. The van der Waals surface area contributed by atoms with Crippen LogP contribution in [0.15, 0.2) is 41.4 Å². The lowest BCUT2D eigenvalue weighted by Gasteiger charge is -2.18. The number of oxazole rings is 1. The zero-order valence-corrected chi connectivity index (χ0v) is 22.0. The summed E-state index contributed by atoms with van der Waals surface area (Å²) in [5.74, 6) is 0.266. The van der Waals surface area contributed by atoms with Gasteiger partial charge in [-0.25, -0.2) is 19.7 Å². The minimum absolute atomic E-state index is 0.0319. The Morgan fingerprint density at radius 2 is 2.03 bits per heavy atom. The maximum atomic E-state index is 13.0. The van der Waals surface area contributed by atoms with Crippen molar-refractivity contribution in [3.63, 3.8) is 0 Å². The third-order valence-corrected chi connectivity index (χ3v) is 6.52. The first-order valence-electron chi connectivity index (χ1n) is 12.4. The summed E-state index contributed by atoms with van der Waals surface area (Å²) in [7, 11) is 0. The van der Waals surface area contributed by atoms with Crippen LogP contribution in [-0.4, -0.2) is 58.7 Å². The first kappa shape index (κ1) is 25.8. The molecule has 0 radical (unpaired) electrons. The molecular formula is C26H29N9O4. The van der Waals surface area contributed by atoms with Gasteiger partial charge in [0, 0.05) is 24.1 Å². The molecule has 0 spiro atoms. The molecule has 2 amide bonds. The summed E-state index contributed by atoms with van der Waals surface area (Å²) in [6.45, 7) is 8.22. The molecule has 4 N–H and O–H groups in total. The summed E-state index contributed by atoms with van der Waals surface area (Å²) in [6, 6.07) is 5.12. The second-order valence-electron chi connectivity index (χ2n) is 10.4. The zero-order valence-electron chi connectivity index (χ0n) is 22.0. The smallest absolute Gasteiger partial charge is 0.407 e. The van der Waals surface area contributed by atoms with Crippen molar-refractivity contribution in [2.45, 2.75) is 52.1 Å². The zero-order chi connectivity index (χ0) is 27.7. The molecule has 1 aliphatic rings. The minimum atomic E-state index is -1.04. The number of nitrogens with one attached hydrogen (secondary N) is 3. The highest BCUT2D eigenvalue weighted by Gasteiger charge is 2.29. The Labute approximate surface area is 224 Å². The first-order valence-corrected chi connectivity index (χ1v) is 12.4. The van der Waals surface area contributed by atoms with E-state index in [1.165, 1.54) is 17.5 Å². The van der Waals surface area contributed by atoms with Crippen LogP contribution in [0.3, 0.4) is 0 Å². The molecule has 0 saturated heterocycles. The molecule has 0 saturated carbocycles. The molecule has 1 aromatic carbocycles. The Balaban J connectivity index is 1.43. The minimum Gasteiger partial charge on any atom is -0.465 e. The SMILES string of the molecule is Cc1[nH]ncc1Nc1ncnc(-c2ccc3c(c2)CN(C(=O)O)CC[C@H]3NC(=O)c2nc(C(C)(C)C)co2)n1. The summed E-state index contributed by atoms with van der Waals surface area (Å²) >= 11 is 0. The number of hydrogen-bond acceptors (Lipinski definition) is 9. The molecule has 0 bridgehead atoms. The molecule has 0 fully saturated rings. The van der Waals surface area contributed by atoms with E-state index < -0.39 is 18.0 Å². The number of aromatic nitrogens is 6. The van der Waals surface area contributed by atoms with Crippen LogP contribution < -0.4 is 10.6 Å². The van der Waals surface area contributed by atoms with Crippen molar-refractivity contribution in [1.29, 1.82) is 0 Å². The van der Waals surface area contributed by atoms with E-state index >= 15 is 0 Å². The monoisotopic (exact) mass is 531 g/mol. The average Bonchev–Trinajstić information content (AvgIpc) is 3.51. The third kappa shape index (κ3) is 5.56. The number of nitrogens with zero attached hydrogens (tertiary/aromatic N) is 6. The van der Waals surface area contributed by atoms with Crippen molar-refractivity contribution in [3.05, 3.63) is 65.4 Å². The molecule has 4 heterocycles. The van der Waals surface area contributed by atoms with Gasteiger partial charge in [-0.15, -0.1) is 0 Å². The van der Waals surface area contributed by atoms with Gasteiger partial charge >= 0.3 is 12.0 Å². The van der Waals surface area contributed by atoms with Crippen LogP contribution >= 0.6 is 0 Å². The molecule has 5 rings (SSSR count).